The highest BCUT2D eigenvalue weighted by Gasteiger charge is 2.22. The summed E-state index contributed by atoms with van der Waals surface area (Å²) in [5.41, 5.74) is 1.94. The van der Waals surface area contributed by atoms with Gasteiger partial charge < -0.3 is 14.8 Å². The average molecular weight is 368 g/mol. The molecule has 0 spiro atoms. The van der Waals surface area contributed by atoms with E-state index in [1.54, 1.807) is 32.0 Å². The number of nitrogens with one attached hydrogen (secondary N) is 1. The summed E-state index contributed by atoms with van der Waals surface area (Å²) in [5, 5.41) is 4.03. The number of hydrogen-bond acceptors (Lipinski definition) is 4. The van der Waals surface area contributed by atoms with Gasteiger partial charge in [-0.05, 0) is 47.6 Å². The summed E-state index contributed by atoms with van der Waals surface area (Å²) in [5.74, 6) is 1.94. The maximum absolute atomic E-state index is 13.6. The van der Waals surface area contributed by atoms with Gasteiger partial charge in [0.15, 0.2) is 11.5 Å². The van der Waals surface area contributed by atoms with E-state index in [1.165, 1.54) is 6.07 Å². The molecule has 2 aromatic carbocycles. The third-order valence-electron chi connectivity index (χ3n) is 4.12. The first kappa shape index (κ1) is 17.4. The zero-order chi connectivity index (χ0) is 17.1. The van der Waals surface area contributed by atoms with Gasteiger partial charge in [0.25, 0.3) is 0 Å². The van der Waals surface area contributed by atoms with E-state index in [4.69, 9.17) is 21.1 Å². The molecule has 0 saturated heterocycles. The molecule has 24 heavy (non-hydrogen) atoms. The van der Waals surface area contributed by atoms with Crippen molar-refractivity contribution in [2.45, 2.75) is 23.9 Å². The number of benzene rings is 2. The Labute approximate surface area is 150 Å². The monoisotopic (exact) mass is 367 g/mol. The summed E-state index contributed by atoms with van der Waals surface area (Å²) in [6.45, 7) is 0.574. The second kappa shape index (κ2) is 7.64. The lowest BCUT2D eigenvalue weighted by Crippen LogP contribution is -2.24. The zero-order valence-corrected chi connectivity index (χ0v) is 15.1. The third kappa shape index (κ3) is 3.48. The molecule has 1 atom stereocenters. The molecule has 1 heterocycles. The smallest absolute Gasteiger partial charge is 0.179 e. The number of thioether (sulfide) groups is 1. The molecule has 6 heteroatoms. The lowest BCUT2D eigenvalue weighted by atomic mass is 10.0. The summed E-state index contributed by atoms with van der Waals surface area (Å²) >= 11 is 8.19. The lowest BCUT2D eigenvalue weighted by Gasteiger charge is -2.26. The van der Waals surface area contributed by atoms with Gasteiger partial charge in [-0.1, -0.05) is 17.7 Å². The number of rotatable bonds is 5. The van der Waals surface area contributed by atoms with E-state index < -0.39 is 0 Å². The Hall–Kier alpha value is -1.43. The Bertz CT molecular complexity index is 741. The summed E-state index contributed by atoms with van der Waals surface area (Å²) in [7, 11) is 3.15. The SMILES string of the molecule is COc1ccc(CNC2CCSc3ccc(F)cc32)c(Cl)c1OC. The molecule has 0 saturated carbocycles. The molecule has 128 valence electrons. The van der Waals surface area contributed by atoms with Crippen molar-refractivity contribution in [2.24, 2.45) is 0 Å². The fourth-order valence-corrected chi connectivity index (χ4v) is 4.28. The Morgan fingerprint density at radius 3 is 2.83 bits per heavy atom. The zero-order valence-electron chi connectivity index (χ0n) is 13.6. The fraction of sp³-hybridized carbons (Fsp3) is 0.333. The summed E-state index contributed by atoms with van der Waals surface area (Å²) in [6, 6.07) is 8.86. The molecule has 3 nitrogen and oxygen atoms in total. The molecule has 1 aliphatic heterocycles. The van der Waals surface area contributed by atoms with E-state index in [0.29, 0.717) is 23.1 Å². The molecule has 0 aliphatic carbocycles. The maximum Gasteiger partial charge on any atom is 0.179 e. The molecular formula is C18H19ClFNO2S. The number of halogens is 2. The van der Waals surface area contributed by atoms with Crippen LogP contribution in [0.3, 0.4) is 0 Å². The van der Waals surface area contributed by atoms with Crippen molar-refractivity contribution in [2.75, 3.05) is 20.0 Å². The van der Waals surface area contributed by atoms with Crippen molar-refractivity contribution in [3.63, 3.8) is 0 Å². The first-order valence-electron chi connectivity index (χ1n) is 7.69. The molecule has 2 aromatic rings. The minimum atomic E-state index is -0.202. The van der Waals surface area contributed by atoms with E-state index in [1.807, 2.05) is 18.2 Å². The first-order valence-corrected chi connectivity index (χ1v) is 9.05. The largest absolute Gasteiger partial charge is 0.493 e. The van der Waals surface area contributed by atoms with Gasteiger partial charge in [-0.2, -0.15) is 0 Å². The van der Waals surface area contributed by atoms with E-state index in [0.717, 1.165) is 28.2 Å². The van der Waals surface area contributed by atoms with E-state index in [-0.39, 0.29) is 11.9 Å². The normalized spacial score (nSPS) is 16.6. The molecule has 0 fully saturated rings. The highest BCUT2D eigenvalue weighted by molar-refractivity contribution is 7.99. The topological polar surface area (TPSA) is 30.5 Å². The Kier molecular flexibility index (Phi) is 5.54. The molecule has 1 N–H and O–H groups in total. The van der Waals surface area contributed by atoms with Gasteiger partial charge in [0.2, 0.25) is 0 Å². The summed E-state index contributed by atoms with van der Waals surface area (Å²) < 4.78 is 24.2. The van der Waals surface area contributed by atoms with Crippen LogP contribution in [0.1, 0.15) is 23.6 Å². The van der Waals surface area contributed by atoms with Crippen LogP contribution in [0.2, 0.25) is 5.02 Å². The minimum absolute atomic E-state index is 0.112. The Morgan fingerprint density at radius 1 is 1.25 bits per heavy atom. The Morgan fingerprint density at radius 2 is 2.08 bits per heavy atom. The molecule has 1 aliphatic rings. The van der Waals surface area contributed by atoms with Gasteiger partial charge in [0.1, 0.15) is 5.82 Å². The van der Waals surface area contributed by atoms with E-state index in [2.05, 4.69) is 5.32 Å². The number of fused-ring (bicyclic) bond motifs is 1. The van der Waals surface area contributed by atoms with Gasteiger partial charge >= 0.3 is 0 Å². The van der Waals surface area contributed by atoms with Crippen LogP contribution in [-0.4, -0.2) is 20.0 Å². The van der Waals surface area contributed by atoms with Crippen LogP contribution in [0.25, 0.3) is 0 Å². The van der Waals surface area contributed by atoms with Crippen LogP contribution in [0.5, 0.6) is 11.5 Å². The number of ether oxygens (including phenoxy) is 2. The van der Waals surface area contributed by atoms with Crippen LogP contribution in [-0.2, 0) is 6.54 Å². The van der Waals surface area contributed by atoms with Gasteiger partial charge in [-0.25, -0.2) is 4.39 Å². The van der Waals surface area contributed by atoms with Crippen molar-refractivity contribution < 1.29 is 13.9 Å². The highest BCUT2D eigenvalue weighted by Crippen LogP contribution is 2.39. The molecule has 0 aromatic heterocycles. The van der Waals surface area contributed by atoms with Gasteiger partial charge in [0, 0.05) is 17.5 Å². The highest BCUT2D eigenvalue weighted by atomic mass is 35.5. The van der Waals surface area contributed by atoms with Crippen molar-refractivity contribution in [3.8, 4) is 11.5 Å². The molecule has 0 bridgehead atoms. The number of methoxy groups -OCH3 is 2. The van der Waals surface area contributed by atoms with E-state index >= 15 is 0 Å². The molecule has 0 radical (unpaired) electrons. The summed E-state index contributed by atoms with van der Waals surface area (Å²) in [4.78, 5) is 1.14. The van der Waals surface area contributed by atoms with Crippen molar-refractivity contribution >= 4 is 23.4 Å². The lowest BCUT2D eigenvalue weighted by molar-refractivity contribution is 0.354. The second-order valence-corrected chi connectivity index (χ2v) is 7.04. The van der Waals surface area contributed by atoms with Gasteiger partial charge in [0.05, 0.1) is 19.2 Å². The molecule has 0 amide bonds. The maximum atomic E-state index is 13.6. The number of hydrogen-bond donors (Lipinski definition) is 1. The third-order valence-corrected chi connectivity index (χ3v) is 5.65. The Balaban J connectivity index is 1.79. The quantitative estimate of drug-likeness (QED) is 0.820. The van der Waals surface area contributed by atoms with Crippen LogP contribution in [0.15, 0.2) is 35.2 Å². The van der Waals surface area contributed by atoms with Gasteiger partial charge in [-0.3, -0.25) is 0 Å². The van der Waals surface area contributed by atoms with Crippen molar-refractivity contribution in [3.05, 3.63) is 52.3 Å². The predicted octanol–water partition coefficient (Wildman–Crippen LogP) is 4.82. The standard InChI is InChI=1S/C18H19ClFNO2S/c1-22-15-5-3-11(17(19)18(15)23-2)10-21-14-7-8-24-16-6-4-12(20)9-13(14)16/h3-6,9,14,21H,7-8,10H2,1-2H3. The van der Waals surface area contributed by atoms with Crippen LogP contribution >= 0.6 is 23.4 Å². The first-order chi connectivity index (χ1) is 11.6. The molecule has 3 rings (SSSR count). The second-order valence-electron chi connectivity index (χ2n) is 5.53. The molecular weight excluding hydrogens is 349 g/mol. The predicted molar refractivity (Wildman–Crippen MR) is 95.9 cm³/mol. The fourth-order valence-electron chi connectivity index (χ4n) is 2.88. The average Bonchev–Trinajstić information content (AvgIpc) is 2.60. The van der Waals surface area contributed by atoms with Crippen LogP contribution < -0.4 is 14.8 Å². The summed E-state index contributed by atoms with van der Waals surface area (Å²) in [6.07, 6.45) is 0.950. The van der Waals surface area contributed by atoms with E-state index in [9.17, 15) is 4.39 Å². The van der Waals surface area contributed by atoms with Crippen molar-refractivity contribution in [1.82, 2.24) is 5.32 Å². The van der Waals surface area contributed by atoms with Crippen LogP contribution in [0.4, 0.5) is 4.39 Å². The van der Waals surface area contributed by atoms with Gasteiger partial charge in [-0.15, -0.1) is 11.8 Å². The van der Waals surface area contributed by atoms with Crippen LogP contribution in [0, 0.1) is 5.82 Å². The van der Waals surface area contributed by atoms with Crippen molar-refractivity contribution in [1.29, 1.82) is 0 Å². The molecule has 1 unspecified atom stereocenters. The minimum Gasteiger partial charge on any atom is -0.493 e.